The Labute approximate surface area is 185 Å². The van der Waals surface area contributed by atoms with E-state index >= 15 is 0 Å². The fourth-order valence-corrected chi connectivity index (χ4v) is 4.93. The van der Waals surface area contributed by atoms with Crippen molar-refractivity contribution >= 4 is 33.0 Å². The number of anilines is 3. The predicted octanol–water partition coefficient (Wildman–Crippen LogP) is 2.79. The van der Waals surface area contributed by atoms with Crippen molar-refractivity contribution in [3.05, 3.63) is 54.1 Å². The molecule has 31 heavy (non-hydrogen) atoms. The van der Waals surface area contributed by atoms with Crippen molar-refractivity contribution in [2.24, 2.45) is 0 Å². The molecule has 168 valence electrons. The average Bonchev–Trinajstić information content (AvgIpc) is 2.74. The second-order valence-electron chi connectivity index (χ2n) is 8.08. The number of aryl methyl sites for hydroxylation is 1. The lowest BCUT2D eigenvalue weighted by atomic mass is 10.1. The molecule has 1 amide bonds. The van der Waals surface area contributed by atoms with Crippen LogP contribution in [0, 0.1) is 0 Å². The molecule has 7 nitrogen and oxygen atoms in total. The van der Waals surface area contributed by atoms with Crippen LogP contribution in [0.1, 0.15) is 19.4 Å². The topological polar surface area (TPSA) is 73.0 Å². The van der Waals surface area contributed by atoms with Crippen LogP contribution in [0.5, 0.6) is 0 Å². The van der Waals surface area contributed by atoms with Crippen molar-refractivity contribution in [3.63, 3.8) is 0 Å². The van der Waals surface area contributed by atoms with Gasteiger partial charge in [-0.25, -0.2) is 8.42 Å². The van der Waals surface area contributed by atoms with Gasteiger partial charge in [0.1, 0.15) is 6.04 Å². The summed E-state index contributed by atoms with van der Waals surface area (Å²) in [5.74, 6) is -0.377. The third-order valence-electron chi connectivity index (χ3n) is 5.69. The van der Waals surface area contributed by atoms with Crippen LogP contribution >= 0.6 is 0 Å². The monoisotopic (exact) mass is 444 g/mol. The lowest BCUT2D eigenvalue weighted by Crippen LogP contribution is -2.45. The van der Waals surface area contributed by atoms with Crippen LogP contribution < -0.4 is 14.5 Å². The quantitative estimate of drug-likeness (QED) is 0.711. The Kier molecular flexibility index (Phi) is 7.23. The van der Waals surface area contributed by atoms with E-state index in [1.165, 1.54) is 4.31 Å². The van der Waals surface area contributed by atoms with Crippen molar-refractivity contribution in [2.45, 2.75) is 26.3 Å². The molecule has 8 heteroatoms. The molecule has 0 radical (unpaired) electrons. The molecule has 1 N–H and O–H groups in total. The lowest BCUT2D eigenvalue weighted by molar-refractivity contribution is -0.116. The van der Waals surface area contributed by atoms with E-state index in [-0.39, 0.29) is 5.91 Å². The Morgan fingerprint density at radius 3 is 2.13 bits per heavy atom. The molecule has 1 saturated heterocycles. The number of sulfonamides is 1. The van der Waals surface area contributed by atoms with Crippen LogP contribution in [-0.2, 0) is 21.2 Å². The highest BCUT2D eigenvalue weighted by molar-refractivity contribution is 7.92. The zero-order chi connectivity index (χ0) is 22.6. The van der Waals surface area contributed by atoms with Gasteiger partial charge in [0.15, 0.2) is 0 Å². The van der Waals surface area contributed by atoms with Gasteiger partial charge < -0.3 is 15.1 Å². The van der Waals surface area contributed by atoms with Gasteiger partial charge in [0, 0.05) is 37.6 Å². The summed E-state index contributed by atoms with van der Waals surface area (Å²) >= 11 is 0. The number of likely N-dealkylation sites (N-methyl/N-ethyl adjacent to an activating group) is 1. The van der Waals surface area contributed by atoms with Crippen molar-refractivity contribution < 1.29 is 13.2 Å². The van der Waals surface area contributed by atoms with E-state index in [1.54, 1.807) is 19.1 Å². The van der Waals surface area contributed by atoms with Crippen LogP contribution in [0.25, 0.3) is 0 Å². The highest BCUT2D eigenvalue weighted by Crippen LogP contribution is 2.23. The molecule has 0 bridgehead atoms. The van der Waals surface area contributed by atoms with E-state index in [4.69, 9.17) is 0 Å². The zero-order valence-corrected chi connectivity index (χ0v) is 19.5. The summed E-state index contributed by atoms with van der Waals surface area (Å²) in [6, 6.07) is 14.1. The number of nitrogens with zero attached hydrogens (tertiary/aromatic N) is 3. The maximum atomic E-state index is 12.9. The van der Waals surface area contributed by atoms with Gasteiger partial charge in [-0.2, -0.15) is 0 Å². The SMILES string of the molecule is CCc1ccc(N([C@H](C)C(=O)Nc2ccc(N3CCN(C)CC3)cc2)S(C)(=O)=O)cc1. The molecule has 2 aromatic rings. The molecule has 0 aliphatic carbocycles. The Morgan fingerprint density at radius 2 is 1.61 bits per heavy atom. The number of nitrogens with one attached hydrogen (secondary N) is 1. The van der Waals surface area contributed by atoms with Gasteiger partial charge in [0.2, 0.25) is 15.9 Å². The molecule has 1 atom stereocenters. The summed E-state index contributed by atoms with van der Waals surface area (Å²) in [7, 11) is -1.52. The van der Waals surface area contributed by atoms with Gasteiger partial charge in [0.25, 0.3) is 0 Å². The number of piperazine rings is 1. The van der Waals surface area contributed by atoms with Crippen LogP contribution in [0.4, 0.5) is 17.1 Å². The van der Waals surface area contributed by atoms with E-state index in [0.717, 1.165) is 50.1 Å². The second-order valence-corrected chi connectivity index (χ2v) is 9.94. The van der Waals surface area contributed by atoms with Gasteiger partial charge in [-0.3, -0.25) is 9.10 Å². The van der Waals surface area contributed by atoms with E-state index < -0.39 is 16.1 Å². The fraction of sp³-hybridized carbons (Fsp3) is 0.435. The number of rotatable bonds is 7. The molecule has 0 aromatic heterocycles. The minimum atomic E-state index is -3.64. The van der Waals surface area contributed by atoms with Crippen LogP contribution in [0.3, 0.4) is 0 Å². The molecule has 1 heterocycles. The van der Waals surface area contributed by atoms with Gasteiger partial charge in [-0.15, -0.1) is 0 Å². The molecule has 2 aromatic carbocycles. The van der Waals surface area contributed by atoms with Crippen LogP contribution in [0.2, 0.25) is 0 Å². The smallest absolute Gasteiger partial charge is 0.247 e. The predicted molar refractivity (Wildman–Crippen MR) is 127 cm³/mol. The van der Waals surface area contributed by atoms with Crippen LogP contribution in [-0.4, -0.2) is 64.7 Å². The first-order valence-corrected chi connectivity index (χ1v) is 12.5. The largest absolute Gasteiger partial charge is 0.369 e. The number of carbonyl (C=O) groups is 1. The Hall–Kier alpha value is -2.58. The average molecular weight is 445 g/mol. The van der Waals surface area contributed by atoms with Crippen molar-refractivity contribution in [1.82, 2.24) is 4.90 Å². The normalized spacial score (nSPS) is 16.1. The molecular formula is C23H32N4O3S. The Morgan fingerprint density at radius 1 is 1.03 bits per heavy atom. The third-order valence-corrected chi connectivity index (χ3v) is 6.93. The Bertz CT molecular complexity index is 982. The Balaban J connectivity index is 1.71. The highest BCUT2D eigenvalue weighted by Gasteiger charge is 2.29. The zero-order valence-electron chi connectivity index (χ0n) is 18.7. The standard InChI is InChI=1S/C23H32N4O3S/c1-5-19-6-10-22(11-7-19)27(31(4,29)30)18(2)23(28)24-20-8-12-21(13-9-20)26-16-14-25(3)15-17-26/h6-13,18H,5,14-17H2,1-4H3,(H,24,28)/t18-/m1/s1. The fourth-order valence-electron chi connectivity index (χ4n) is 3.75. The van der Waals surface area contributed by atoms with E-state index in [1.807, 2.05) is 43.3 Å². The number of amides is 1. The van der Waals surface area contributed by atoms with Gasteiger partial charge in [0.05, 0.1) is 11.9 Å². The first-order valence-electron chi connectivity index (χ1n) is 10.6. The first-order chi connectivity index (χ1) is 14.7. The van der Waals surface area contributed by atoms with Gasteiger partial charge in [-0.05, 0) is 62.4 Å². The van der Waals surface area contributed by atoms with Gasteiger partial charge >= 0.3 is 0 Å². The molecule has 0 spiro atoms. The summed E-state index contributed by atoms with van der Waals surface area (Å²) < 4.78 is 26.1. The molecule has 1 fully saturated rings. The lowest BCUT2D eigenvalue weighted by Gasteiger charge is -2.34. The van der Waals surface area contributed by atoms with Crippen molar-refractivity contribution in [2.75, 3.05) is 54.0 Å². The summed E-state index contributed by atoms with van der Waals surface area (Å²) in [6.45, 7) is 7.63. The maximum absolute atomic E-state index is 12.9. The number of benzene rings is 2. The van der Waals surface area contributed by atoms with E-state index in [0.29, 0.717) is 11.4 Å². The summed E-state index contributed by atoms with van der Waals surface area (Å²) in [5, 5.41) is 2.85. The van der Waals surface area contributed by atoms with E-state index in [9.17, 15) is 13.2 Å². The summed E-state index contributed by atoms with van der Waals surface area (Å²) in [5.41, 5.74) is 3.35. The minimum Gasteiger partial charge on any atom is -0.369 e. The van der Waals surface area contributed by atoms with Crippen LogP contribution in [0.15, 0.2) is 48.5 Å². The van der Waals surface area contributed by atoms with Gasteiger partial charge in [-0.1, -0.05) is 19.1 Å². The molecular weight excluding hydrogens is 412 g/mol. The molecule has 1 aliphatic heterocycles. The minimum absolute atomic E-state index is 0.377. The summed E-state index contributed by atoms with van der Waals surface area (Å²) in [4.78, 5) is 17.5. The number of hydrogen-bond acceptors (Lipinski definition) is 5. The van der Waals surface area contributed by atoms with Crippen molar-refractivity contribution in [1.29, 1.82) is 0 Å². The molecule has 1 aliphatic rings. The second kappa shape index (κ2) is 9.70. The first kappa shape index (κ1) is 23.1. The van der Waals surface area contributed by atoms with E-state index in [2.05, 4.69) is 22.2 Å². The number of hydrogen-bond donors (Lipinski definition) is 1. The van der Waals surface area contributed by atoms with Crippen molar-refractivity contribution in [3.8, 4) is 0 Å². The number of carbonyl (C=O) groups excluding carboxylic acids is 1. The maximum Gasteiger partial charge on any atom is 0.247 e. The molecule has 0 saturated carbocycles. The highest BCUT2D eigenvalue weighted by atomic mass is 32.2. The molecule has 0 unspecified atom stereocenters. The third kappa shape index (κ3) is 5.77. The summed E-state index contributed by atoms with van der Waals surface area (Å²) in [6.07, 6.45) is 1.98. The molecule has 3 rings (SSSR count).